The molecule has 2 rings (SSSR count). The van der Waals surface area contributed by atoms with Gasteiger partial charge >= 0.3 is 5.69 Å². The Hall–Kier alpha value is -2.60. The number of nitro benzene ring substituents is 1. The number of rotatable bonds is 3. The number of carbonyl (C=O) groups excluding carboxylic acids is 1. The molecular formula is C15H13ClN2O4. The molecule has 0 fully saturated rings. The molecule has 0 radical (unpaired) electrons. The van der Waals surface area contributed by atoms with Gasteiger partial charge in [-0.15, -0.1) is 0 Å². The van der Waals surface area contributed by atoms with Crippen molar-refractivity contribution in [1.82, 2.24) is 0 Å². The molecule has 0 aliphatic rings. The van der Waals surface area contributed by atoms with Gasteiger partial charge in [0.25, 0.3) is 5.91 Å². The summed E-state index contributed by atoms with van der Waals surface area (Å²) in [6, 6.07) is 7.60. The molecule has 114 valence electrons. The summed E-state index contributed by atoms with van der Waals surface area (Å²) in [4.78, 5) is 22.3. The molecular weight excluding hydrogens is 308 g/mol. The van der Waals surface area contributed by atoms with Crippen LogP contribution in [-0.4, -0.2) is 15.9 Å². The first-order valence-corrected chi connectivity index (χ1v) is 6.73. The van der Waals surface area contributed by atoms with Gasteiger partial charge in [0.15, 0.2) is 0 Å². The predicted octanol–water partition coefficient (Wildman–Crippen LogP) is 3.82. The van der Waals surface area contributed by atoms with Crippen molar-refractivity contribution >= 4 is 28.9 Å². The zero-order valence-corrected chi connectivity index (χ0v) is 12.6. The summed E-state index contributed by atoms with van der Waals surface area (Å²) in [5.74, 6) is -1.38. The molecule has 22 heavy (non-hydrogen) atoms. The molecule has 0 aliphatic heterocycles. The van der Waals surface area contributed by atoms with Gasteiger partial charge in [-0.25, -0.2) is 0 Å². The van der Waals surface area contributed by atoms with Gasteiger partial charge in [-0.3, -0.25) is 14.9 Å². The molecule has 6 nitrogen and oxygen atoms in total. The van der Waals surface area contributed by atoms with E-state index >= 15 is 0 Å². The number of phenolic OH excluding ortho intramolecular Hbond substituents is 1. The number of hydrogen-bond acceptors (Lipinski definition) is 4. The van der Waals surface area contributed by atoms with Crippen molar-refractivity contribution in [3.05, 3.63) is 62.2 Å². The Morgan fingerprint density at radius 2 is 1.95 bits per heavy atom. The molecule has 1 amide bonds. The lowest BCUT2D eigenvalue weighted by Gasteiger charge is -2.10. The Kier molecular flexibility index (Phi) is 4.32. The number of amides is 1. The van der Waals surface area contributed by atoms with E-state index in [0.29, 0.717) is 5.69 Å². The molecule has 0 heterocycles. The van der Waals surface area contributed by atoms with E-state index < -0.39 is 22.3 Å². The van der Waals surface area contributed by atoms with Crippen LogP contribution in [0.2, 0.25) is 5.02 Å². The Bertz CT molecular complexity index is 774. The van der Waals surface area contributed by atoms with Crippen molar-refractivity contribution in [2.45, 2.75) is 13.8 Å². The van der Waals surface area contributed by atoms with Crippen molar-refractivity contribution in [2.24, 2.45) is 0 Å². The number of aryl methyl sites for hydroxylation is 2. The highest BCUT2D eigenvalue weighted by Gasteiger charge is 2.23. The maximum Gasteiger partial charge on any atom is 0.313 e. The van der Waals surface area contributed by atoms with Crippen LogP contribution in [0, 0.1) is 24.0 Å². The lowest BCUT2D eigenvalue weighted by atomic mass is 10.1. The van der Waals surface area contributed by atoms with E-state index in [1.807, 2.05) is 26.0 Å². The fourth-order valence-corrected chi connectivity index (χ4v) is 2.25. The second kappa shape index (κ2) is 6.03. The first-order chi connectivity index (χ1) is 10.3. The van der Waals surface area contributed by atoms with E-state index in [0.717, 1.165) is 17.2 Å². The summed E-state index contributed by atoms with van der Waals surface area (Å²) in [5.41, 5.74) is 1.57. The third kappa shape index (κ3) is 3.17. The number of carbonyl (C=O) groups is 1. The topological polar surface area (TPSA) is 92.5 Å². The van der Waals surface area contributed by atoms with Gasteiger partial charge in [0, 0.05) is 16.8 Å². The predicted molar refractivity (Wildman–Crippen MR) is 83.6 cm³/mol. The van der Waals surface area contributed by atoms with Crippen molar-refractivity contribution in [3.8, 4) is 5.75 Å². The zero-order valence-electron chi connectivity index (χ0n) is 11.9. The number of hydrogen-bond donors (Lipinski definition) is 2. The van der Waals surface area contributed by atoms with Crippen LogP contribution in [0.3, 0.4) is 0 Å². The van der Waals surface area contributed by atoms with Crippen LogP contribution in [0.1, 0.15) is 21.5 Å². The summed E-state index contributed by atoms with van der Waals surface area (Å²) in [5, 5.41) is 23.3. The summed E-state index contributed by atoms with van der Waals surface area (Å²) in [7, 11) is 0. The molecule has 0 unspecified atom stereocenters. The largest absolute Gasteiger partial charge is 0.502 e. The standard InChI is InChI=1S/C15H13ClN2O4/c1-8-3-4-12(9(2)5-8)17-15(20)11-6-10(16)7-13(14(11)19)18(21)22/h3-7,19H,1-2H3,(H,17,20). The normalized spacial score (nSPS) is 10.3. The van der Waals surface area contributed by atoms with Gasteiger partial charge < -0.3 is 10.4 Å². The van der Waals surface area contributed by atoms with Gasteiger partial charge in [-0.2, -0.15) is 0 Å². The molecule has 0 aromatic heterocycles. The highest BCUT2D eigenvalue weighted by atomic mass is 35.5. The van der Waals surface area contributed by atoms with Crippen LogP contribution in [0.15, 0.2) is 30.3 Å². The number of benzene rings is 2. The summed E-state index contributed by atoms with van der Waals surface area (Å²) >= 11 is 5.77. The highest BCUT2D eigenvalue weighted by molar-refractivity contribution is 6.31. The van der Waals surface area contributed by atoms with Crippen LogP contribution < -0.4 is 5.32 Å². The Balaban J connectivity index is 2.39. The van der Waals surface area contributed by atoms with Gasteiger partial charge in [-0.05, 0) is 31.5 Å². The summed E-state index contributed by atoms with van der Waals surface area (Å²) in [6.07, 6.45) is 0. The maximum atomic E-state index is 12.2. The van der Waals surface area contributed by atoms with Crippen LogP contribution >= 0.6 is 11.6 Å². The second-order valence-corrected chi connectivity index (χ2v) is 5.29. The minimum atomic E-state index is -0.797. The van der Waals surface area contributed by atoms with Gasteiger partial charge in [0.2, 0.25) is 5.75 Å². The van der Waals surface area contributed by atoms with Gasteiger partial charge in [0.1, 0.15) is 0 Å². The van der Waals surface area contributed by atoms with Crippen LogP contribution in [0.4, 0.5) is 11.4 Å². The zero-order chi connectivity index (χ0) is 16.4. The Morgan fingerprint density at radius 3 is 2.55 bits per heavy atom. The minimum Gasteiger partial charge on any atom is -0.502 e. The Labute approximate surface area is 131 Å². The SMILES string of the molecule is Cc1ccc(NC(=O)c2cc(Cl)cc([N+](=O)[O-])c2O)c(C)c1. The maximum absolute atomic E-state index is 12.2. The second-order valence-electron chi connectivity index (χ2n) is 4.85. The third-order valence-corrected chi connectivity index (χ3v) is 3.34. The molecule has 2 N–H and O–H groups in total. The molecule has 0 saturated carbocycles. The Morgan fingerprint density at radius 1 is 1.27 bits per heavy atom. The molecule has 2 aromatic carbocycles. The number of anilines is 1. The lowest BCUT2D eigenvalue weighted by Crippen LogP contribution is -2.13. The van der Waals surface area contributed by atoms with Crippen molar-refractivity contribution in [3.63, 3.8) is 0 Å². The van der Waals surface area contributed by atoms with Crippen molar-refractivity contribution < 1.29 is 14.8 Å². The monoisotopic (exact) mass is 320 g/mol. The molecule has 0 spiro atoms. The number of halogens is 1. The summed E-state index contributed by atoms with van der Waals surface area (Å²) < 4.78 is 0. The van der Waals surface area contributed by atoms with E-state index in [1.54, 1.807) is 6.07 Å². The number of aromatic hydroxyl groups is 1. The van der Waals surface area contributed by atoms with Crippen LogP contribution in [0.25, 0.3) is 0 Å². The molecule has 0 bridgehead atoms. The molecule has 0 atom stereocenters. The van der Waals surface area contributed by atoms with Crippen LogP contribution in [-0.2, 0) is 0 Å². The number of phenols is 1. The van der Waals surface area contributed by atoms with Crippen molar-refractivity contribution in [1.29, 1.82) is 0 Å². The number of nitrogens with zero attached hydrogens (tertiary/aromatic N) is 1. The molecule has 2 aromatic rings. The smallest absolute Gasteiger partial charge is 0.313 e. The van der Waals surface area contributed by atoms with Gasteiger partial charge in [-0.1, -0.05) is 29.3 Å². The van der Waals surface area contributed by atoms with E-state index in [4.69, 9.17) is 11.6 Å². The minimum absolute atomic E-state index is 0.00437. The lowest BCUT2D eigenvalue weighted by molar-refractivity contribution is -0.385. The first-order valence-electron chi connectivity index (χ1n) is 6.35. The average Bonchev–Trinajstić information content (AvgIpc) is 2.43. The average molecular weight is 321 g/mol. The number of nitro groups is 1. The number of nitrogens with one attached hydrogen (secondary N) is 1. The van der Waals surface area contributed by atoms with Gasteiger partial charge in [0.05, 0.1) is 10.5 Å². The van der Waals surface area contributed by atoms with Crippen molar-refractivity contribution in [2.75, 3.05) is 5.32 Å². The molecule has 0 saturated heterocycles. The molecule has 0 aliphatic carbocycles. The summed E-state index contributed by atoms with van der Waals surface area (Å²) in [6.45, 7) is 3.74. The van der Waals surface area contributed by atoms with E-state index in [-0.39, 0.29) is 10.6 Å². The quantitative estimate of drug-likeness (QED) is 0.664. The fourth-order valence-electron chi connectivity index (χ4n) is 2.04. The van der Waals surface area contributed by atoms with E-state index in [9.17, 15) is 20.0 Å². The van der Waals surface area contributed by atoms with Crippen LogP contribution in [0.5, 0.6) is 5.75 Å². The fraction of sp³-hybridized carbons (Fsp3) is 0.133. The molecule has 7 heteroatoms. The van der Waals surface area contributed by atoms with E-state index in [2.05, 4.69) is 5.32 Å². The third-order valence-electron chi connectivity index (χ3n) is 3.13. The van der Waals surface area contributed by atoms with E-state index in [1.165, 1.54) is 6.07 Å². The highest BCUT2D eigenvalue weighted by Crippen LogP contribution is 2.33. The first kappa shape index (κ1) is 15.8.